The molecule has 1 atom stereocenters. The number of hydrogen-bond donors (Lipinski definition) is 2. The number of morpholine rings is 1. The van der Waals surface area contributed by atoms with E-state index in [-0.39, 0.29) is 11.3 Å². The van der Waals surface area contributed by atoms with Gasteiger partial charge < -0.3 is 20.5 Å². The van der Waals surface area contributed by atoms with Gasteiger partial charge >= 0.3 is 0 Å². The van der Waals surface area contributed by atoms with Crippen LogP contribution in [0.5, 0.6) is 0 Å². The van der Waals surface area contributed by atoms with Gasteiger partial charge in [-0.3, -0.25) is 9.69 Å². The number of carbonyl (C=O) groups is 1. The van der Waals surface area contributed by atoms with E-state index in [4.69, 9.17) is 10.5 Å². The molecule has 0 aliphatic carbocycles. The summed E-state index contributed by atoms with van der Waals surface area (Å²) in [6, 6.07) is 0. The highest BCUT2D eigenvalue weighted by Gasteiger charge is 2.49. The van der Waals surface area contributed by atoms with Gasteiger partial charge in [0, 0.05) is 49.9 Å². The molecular weight excluding hydrogens is 352 g/mol. The number of hydrogen-bond acceptors (Lipinski definition) is 7. The molecule has 0 aromatic carbocycles. The Morgan fingerprint density at radius 1 is 1.38 bits per heavy atom. The Bertz CT molecular complexity index is 630. The number of amides is 1. The predicted molar refractivity (Wildman–Crippen MR) is 102 cm³/mol. The number of nitrogens with two attached hydrogens (primary N) is 1. The summed E-state index contributed by atoms with van der Waals surface area (Å²) < 4.78 is 5.40. The van der Waals surface area contributed by atoms with E-state index in [2.05, 4.69) is 23.7 Å². The average molecular weight is 383 g/mol. The fourth-order valence-corrected chi connectivity index (χ4v) is 4.42. The summed E-state index contributed by atoms with van der Waals surface area (Å²) in [5, 5.41) is 13.8. The molecule has 0 spiro atoms. The number of β-amino-alcohol motifs (C(OH)–C–C–N with tert-alkyl or cyclic N) is 1. The van der Waals surface area contributed by atoms with Crippen LogP contribution in [-0.4, -0.2) is 77.3 Å². The maximum Gasteiger partial charge on any atom is 0.222 e. The minimum Gasteiger partial charge on any atom is -0.388 e. The number of aromatic nitrogens is 1. The normalized spacial score (nSPS) is 26.8. The maximum absolute atomic E-state index is 12.6. The Morgan fingerprint density at radius 3 is 2.73 bits per heavy atom. The second kappa shape index (κ2) is 7.80. The summed E-state index contributed by atoms with van der Waals surface area (Å²) in [7, 11) is 0. The van der Waals surface area contributed by atoms with Crippen molar-refractivity contribution >= 4 is 22.4 Å². The molecule has 0 saturated carbocycles. The van der Waals surface area contributed by atoms with Crippen LogP contribution in [-0.2, 0) is 16.0 Å². The van der Waals surface area contributed by atoms with Gasteiger partial charge in [-0.1, -0.05) is 13.8 Å². The smallest absolute Gasteiger partial charge is 0.222 e. The first kappa shape index (κ1) is 19.5. The molecule has 146 valence electrons. The van der Waals surface area contributed by atoms with Gasteiger partial charge in [0.25, 0.3) is 0 Å². The number of aliphatic hydroxyl groups is 1. The number of piperidine rings is 1. The van der Waals surface area contributed by atoms with Gasteiger partial charge in [0.2, 0.25) is 5.91 Å². The first-order valence-electron chi connectivity index (χ1n) is 9.29. The van der Waals surface area contributed by atoms with Gasteiger partial charge in [0.1, 0.15) is 0 Å². The van der Waals surface area contributed by atoms with E-state index in [9.17, 15) is 9.90 Å². The Hall–Kier alpha value is -1.22. The Morgan fingerprint density at radius 2 is 2.12 bits per heavy atom. The van der Waals surface area contributed by atoms with Gasteiger partial charge in [0.15, 0.2) is 5.13 Å². The van der Waals surface area contributed by atoms with Gasteiger partial charge in [-0.25, -0.2) is 4.98 Å². The number of nitrogen functional groups attached to an aromatic ring is 1. The zero-order valence-electron chi connectivity index (χ0n) is 15.7. The van der Waals surface area contributed by atoms with E-state index >= 15 is 0 Å². The van der Waals surface area contributed by atoms with Crippen molar-refractivity contribution in [3.05, 3.63) is 11.1 Å². The van der Waals surface area contributed by atoms with E-state index in [1.807, 2.05) is 10.3 Å². The predicted octanol–water partition coefficient (Wildman–Crippen LogP) is 0.980. The lowest BCUT2D eigenvalue weighted by atomic mass is 9.69. The molecule has 0 unspecified atom stereocenters. The van der Waals surface area contributed by atoms with Crippen LogP contribution in [0.25, 0.3) is 0 Å². The zero-order valence-corrected chi connectivity index (χ0v) is 16.6. The number of anilines is 1. The Balaban J connectivity index is 1.55. The van der Waals surface area contributed by atoms with Gasteiger partial charge in [-0.05, 0) is 12.8 Å². The van der Waals surface area contributed by atoms with E-state index < -0.39 is 5.60 Å². The molecule has 2 saturated heterocycles. The Labute approximate surface area is 159 Å². The first-order chi connectivity index (χ1) is 12.3. The van der Waals surface area contributed by atoms with Crippen LogP contribution < -0.4 is 5.73 Å². The summed E-state index contributed by atoms with van der Waals surface area (Å²) >= 11 is 1.40. The van der Waals surface area contributed by atoms with Crippen molar-refractivity contribution in [3.8, 4) is 0 Å². The molecular formula is C18H30N4O3S. The lowest BCUT2D eigenvalue weighted by Gasteiger charge is -2.52. The topological polar surface area (TPSA) is 91.9 Å². The van der Waals surface area contributed by atoms with Crippen molar-refractivity contribution in [2.75, 3.05) is 51.7 Å². The van der Waals surface area contributed by atoms with Crippen molar-refractivity contribution in [2.45, 2.75) is 38.7 Å². The summed E-state index contributed by atoms with van der Waals surface area (Å²) in [5.74, 6) is 0.123. The molecule has 3 N–H and O–H groups in total. The third-order valence-electron chi connectivity index (χ3n) is 5.75. The molecule has 1 aromatic rings. The monoisotopic (exact) mass is 382 g/mol. The van der Waals surface area contributed by atoms with Crippen LogP contribution in [0.2, 0.25) is 0 Å². The van der Waals surface area contributed by atoms with Gasteiger partial charge in [-0.15, -0.1) is 11.3 Å². The number of likely N-dealkylation sites (tertiary alicyclic amines) is 1. The van der Waals surface area contributed by atoms with Crippen molar-refractivity contribution in [2.24, 2.45) is 5.41 Å². The molecule has 2 aliphatic heterocycles. The number of carbonyl (C=O) groups excluding carboxylic acids is 1. The van der Waals surface area contributed by atoms with Crippen molar-refractivity contribution < 1.29 is 14.6 Å². The molecule has 1 amide bonds. The molecule has 3 rings (SSSR count). The van der Waals surface area contributed by atoms with E-state index in [0.29, 0.717) is 44.0 Å². The van der Waals surface area contributed by atoms with Crippen LogP contribution >= 0.6 is 11.3 Å². The standard InChI is InChI=1S/C18H30N4O3S/c1-17(2)12-22(15(23)4-3-14-11-26-16(19)20-14)6-5-18(17,24)13-21-7-9-25-10-8-21/h11,24H,3-10,12-13H2,1-2H3,(H2,19,20)/t18-/m0/s1. The van der Waals surface area contributed by atoms with Crippen LogP contribution in [0.15, 0.2) is 5.38 Å². The van der Waals surface area contributed by atoms with Crippen molar-refractivity contribution in [1.29, 1.82) is 0 Å². The minimum absolute atomic E-state index is 0.123. The Kier molecular flexibility index (Phi) is 5.86. The second-order valence-electron chi connectivity index (χ2n) is 8.05. The first-order valence-corrected chi connectivity index (χ1v) is 10.2. The lowest BCUT2D eigenvalue weighted by molar-refractivity contribution is -0.157. The van der Waals surface area contributed by atoms with Crippen molar-refractivity contribution in [3.63, 3.8) is 0 Å². The summed E-state index contributed by atoms with van der Waals surface area (Å²) in [6.45, 7) is 9.11. The molecule has 0 bridgehead atoms. The highest BCUT2D eigenvalue weighted by molar-refractivity contribution is 7.13. The van der Waals surface area contributed by atoms with Gasteiger partial charge in [0.05, 0.1) is 24.5 Å². The molecule has 26 heavy (non-hydrogen) atoms. The molecule has 1 aromatic heterocycles. The van der Waals surface area contributed by atoms with E-state index in [1.165, 1.54) is 11.3 Å². The average Bonchev–Trinajstić information content (AvgIpc) is 3.01. The van der Waals surface area contributed by atoms with Gasteiger partial charge in [-0.2, -0.15) is 0 Å². The summed E-state index contributed by atoms with van der Waals surface area (Å²) in [5.41, 5.74) is 5.37. The second-order valence-corrected chi connectivity index (χ2v) is 8.94. The molecule has 7 nitrogen and oxygen atoms in total. The van der Waals surface area contributed by atoms with E-state index in [1.54, 1.807) is 0 Å². The third-order valence-corrected chi connectivity index (χ3v) is 6.47. The number of thiazole rings is 1. The number of rotatable bonds is 5. The molecule has 8 heteroatoms. The van der Waals surface area contributed by atoms with Crippen LogP contribution in [0, 0.1) is 5.41 Å². The number of ether oxygens (including phenoxy) is 1. The van der Waals surface area contributed by atoms with E-state index in [0.717, 1.165) is 32.0 Å². The van der Waals surface area contributed by atoms with Crippen LogP contribution in [0.1, 0.15) is 32.4 Å². The quantitative estimate of drug-likeness (QED) is 0.789. The highest BCUT2D eigenvalue weighted by atomic mass is 32.1. The molecule has 2 aliphatic rings. The minimum atomic E-state index is -0.787. The molecule has 0 radical (unpaired) electrons. The highest BCUT2D eigenvalue weighted by Crippen LogP contribution is 2.39. The fraction of sp³-hybridized carbons (Fsp3) is 0.778. The fourth-order valence-electron chi connectivity index (χ4n) is 3.83. The molecule has 3 heterocycles. The molecule has 2 fully saturated rings. The third kappa shape index (κ3) is 4.36. The van der Waals surface area contributed by atoms with Crippen molar-refractivity contribution in [1.82, 2.24) is 14.8 Å². The summed E-state index contributed by atoms with van der Waals surface area (Å²) in [4.78, 5) is 21.0. The van der Waals surface area contributed by atoms with Crippen LogP contribution in [0.4, 0.5) is 5.13 Å². The van der Waals surface area contributed by atoms with Crippen LogP contribution in [0.3, 0.4) is 0 Å². The zero-order chi connectivity index (χ0) is 18.8. The number of nitrogens with zero attached hydrogens (tertiary/aromatic N) is 3. The summed E-state index contributed by atoms with van der Waals surface area (Å²) in [6.07, 6.45) is 1.65. The number of aryl methyl sites for hydroxylation is 1. The lowest BCUT2D eigenvalue weighted by Crippen LogP contribution is -2.63. The largest absolute Gasteiger partial charge is 0.388 e. The SMILES string of the molecule is CC1(C)CN(C(=O)CCc2csc(N)n2)CC[C@]1(O)CN1CCOCC1. The maximum atomic E-state index is 12.6.